The van der Waals surface area contributed by atoms with Crippen molar-refractivity contribution in [3.63, 3.8) is 0 Å². The third kappa shape index (κ3) is 50.0. The number of hydrogen-bond donors (Lipinski definition) is 3. The van der Waals surface area contributed by atoms with E-state index in [-0.39, 0.29) is 24.9 Å². The average molecular weight is 953 g/mol. The van der Waals surface area contributed by atoms with Crippen molar-refractivity contribution >= 4 is 11.9 Å². The molecule has 0 aliphatic rings. The number of nitrogens with one attached hydrogen (secondary N) is 1. The number of aliphatic hydroxyl groups excluding tert-OH is 2. The van der Waals surface area contributed by atoms with Gasteiger partial charge in [0.05, 0.1) is 25.2 Å². The van der Waals surface area contributed by atoms with E-state index >= 15 is 0 Å². The van der Waals surface area contributed by atoms with Crippen molar-refractivity contribution in [1.82, 2.24) is 5.32 Å². The minimum Gasteiger partial charge on any atom is -0.462 e. The van der Waals surface area contributed by atoms with Crippen LogP contribution in [-0.2, 0) is 14.3 Å². The summed E-state index contributed by atoms with van der Waals surface area (Å²) in [6, 6.07) is -0.710. The Morgan fingerprint density at radius 1 is 0.441 bits per heavy atom. The maximum atomic E-state index is 13.3. The van der Waals surface area contributed by atoms with Gasteiger partial charge in [-0.3, -0.25) is 9.59 Å². The molecule has 3 N–H and O–H groups in total. The summed E-state index contributed by atoms with van der Waals surface area (Å²) in [6.07, 6.45) is 70.0. The second kappa shape index (κ2) is 55.5. The van der Waals surface area contributed by atoms with Crippen molar-refractivity contribution in [1.29, 1.82) is 0 Å². The maximum Gasteiger partial charge on any atom is 0.306 e. The lowest BCUT2D eigenvalue weighted by Gasteiger charge is -2.24. The van der Waals surface area contributed by atoms with Gasteiger partial charge in [-0.2, -0.15) is 0 Å². The van der Waals surface area contributed by atoms with E-state index < -0.39 is 18.2 Å². The Morgan fingerprint density at radius 2 is 0.809 bits per heavy atom. The second-order valence-electron chi connectivity index (χ2n) is 20.1. The van der Waals surface area contributed by atoms with Gasteiger partial charge in [0.15, 0.2) is 0 Å². The van der Waals surface area contributed by atoms with Crippen molar-refractivity contribution in [2.24, 2.45) is 0 Å². The van der Waals surface area contributed by atoms with Gasteiger partial charge in [0.25, 0.3) is 0 Å². The van der Waals surface area contributed by atoms with Crippen molar-refractivity contribution in [2.75, 3.05) is 6.61 Å². The Balaban J connectivity index is 4.57. The highest BCUT2D eigenvalue weighted by Gasteiger charge is 2.24. The number of carbonyl (C=O) groups excluding carboxylic acids is 2. The fourth-order valence-corrected chi connectivity index (χ4v) is 8.97. The lowest BCUT2D eigenvalue weighted by molar-refractivity contribution is -0.151. The number of hydrogen-bond acceptors (Lipinski definition) is 5. The summed E-state index contributed by atoms with van der Waals surface area (Å²) in [5.74, 6) is -0.496. The van der Waals surface area contributed by atoms with E-state index in [0.717, 1.165) is 83.5 Å². The van der Waals surface area contributed by atoms with Crippen LogP contribution < -0.4 is 5.32 Å². The molecule has 0 fully saturated rings. The molecule has 0 bridgehead atoms. The van der Waals surface area contributed by atoms with Crippen LogP contribution in [-0.4, -0.2) is 46.9 Å². The van der Waals surface area contributed by atoms with Gasteiger partial charge in [-0.05, 0) is 70.6 Å². The number of esters is 1. The highest BCUT2D eigenvalue weighted by molar-refractivity contribution is 5.77. The predicted molar refractivity (Wildman–Crippen MR) is 296 cm³/mol. The van der Waals surface area contributed by atoms with Crippen LogP contribution in [0, 0.1) is 0 Å². The molecule has 1 amide bonds. The quantitative estimate of drug-likeness (QED) is 0.0244. The van der Waals surface area contributed by atoms with Crippen LogP contribution in [0.4, 0.5) is 0 Å². The first-order chi connectivity index (χ1) is 33.5. The van der Waals surface area contributed by atoms with E-state index in [1.54, 1.807) is 0 Å². The van der Waals surface area contributed by atoms with Crippen molar-refractivity contribution < 1.29 is 24.5 Å². The van der Waals surface area contributed by atoms with E-state index in [4.69, 9.17) is 4.74 Å². The zero-order valence-electron chi connectivity index (χ0n) is 45.2. The number of amides is 1. The maximum absolute atomic E-state index is 13.3. The average Bonchev–Trinajstić information content (AvgIpc) is 3.33. The Morgan fingerprint density at radius 3 is 1.25 bits per heavy atom. The van der Waals surface area contributed by atoms with E-state index in [9.17, 15) is 19.8 Å². The molecule has 3 atom stereocenters. The van der Waals surface area contributed by atoms with Crippen LogP contribution in [0.2, 0.25) is 0 Å². The molecule has 6 heteroatoms. The van der Waals surface area contributed by atoms with E-state index in [0.29, 0.717) is 19.3 Å². The fourth-order valence-electron chi connectivity index (χ4n) is 8.97. The summed E-state index contributed by atoms with van der Waals surface area (Å²) in [4.78, 5) is 26.3. The highest BCUT2D eigenvalue weighted by atomic mass is 16.5. The number of allylic oxidation sites excluding steroid dienone is 10. The second-order valence-corrected chi connectivity index (χ2v) is 20.1. The summed E-state index contributed by atoms with van der Waals surface area (Å²) < 4.78 is 5.96. The lowest BCUT2D eigenvalue weighted by atomic mass is 10.0. The third-order valence-corrected chi connectivity index (χ3v) is 13.4. The first-order valence-electron chi connectivity index (χ1n) is 29.6. The van der Waals surface area contributed by atoms with Gasteiger partial charge in [0.1, 0.15) is 6.10 Å². The number of unbranched alkanes of at least 4 members (excludes halogenated alkanes) is 34. The van der Waals surface area contributed by atoms with Gasteiger partial charge < -0.3 is 20.3 Å². The number of aliphatic hydroxyl groups is 2. The minimum atomic E-state index is -0.796. The van der Waals surface area contributed by atoms with Crippen molar-refractivity contribution in [3.8, 4) is 0 Å². The Bertz CT molecular complexity index is 1210. The molecule has 0 saturated carbocycles. The minimum absolute atomic E-state index is 0.0648. The van der Waals surface area contributed by atoms with Crippen molar-refractivity contribution in [2.45, 2.75) is 315 Å². The van der Waals surface area contributed by atoms with Gasteiger partial charge in [-0.25, -0.2) is 0 Å². The molecular weight excluding hydrogens is 839 g/mol. The van der Waals surface area contributed by atoms with E-state index in [1.165, 1.54) is 167 Å². The van der Waals surface area contributed by atoms with Crippen LogP contribution in [0.25, 0.3) is 0 Å². The smallest absolute Gasteiger partial charge is 0.306 e. The molecular formula is C62H113NO5. The number of ether oxygens (including phenoxy) is 1. The summed E-state index contributed by atoms with van der Waals surface area (Å²) in [5, 5.41) is 23.9. The Kier molecular flexibility index (Phi) is 53.5. The third-order valence-electron chi connectivity index (χ3n) is 13.4. The molecule has 0 saturated heterocycles. The lowest BCUT2D eigenvalue weighted by Crippen LogP contribution is -2.46. The number of carbonyl (C=O) groups is 2. The molecule has 0 radical (unpaired) electrons. The molecule has 0 rings (SSSR count). The van der Waals surface area contributed by atoms with Gasteiger partial charge in [0, 0.05) is 6.42 Å². The number of rotatable bonds is 53. The zero-order chi connectivity index (χ0) is 49.5. The molecule has 0 aliphatic carbocycles. The largest absolute Gasteiger partial charge is 0.462 e. The van der Waals surface area contributed by atoms with Crippen LogP contribution >= 0.6 is 0 Å². The van der Waals surface area contributed by atoms with Gasteiger partial charge >= 0.3 is 5.97 Å². The molecule has 0 aromatic rings. The van der Waals surface area contributed by atoms with Gasteiger partial charge in [-0.1, -0.05) is 274 Å². The van der Waals surface area contributed by atoms with Crippen LogP contribution in [0.3, 0.4) is 0 Å². The predicted octanol–water partition coefficient (Wildman–Crippen LogP) is 18.4. The molecule has 0 aromatic heterocycles. The molecule has 396 valence electrons. The molecule has 6 nitrogen and oxygen atoms in total. The van der Waals surface area contributed by atoms with E-state index in [2.05, 4.69) is 68.6 Å². The first kappa shape index (κ1) is 65.6. The topological polar surface area (TPSA) is 95.9 Å². The van der Waals surface area contributed by atoms with Crippen LogP contribution in [0.1, 0.15) is 297 Å². The summed E-state index contributed by atoms with van der Waals surface area (Å²) >= 11 is 0. The SMILES string of the molecule is CC/C=C/C=C/C=C/C=C\CCCCCCCC(=O)OC(CCCCCCCCC/C=C/CCCCCCCC)CC(=O)NC(CO)C(O)CCCCCCCCCCCCCCCCCCC. The molecule has 0 aliphatic heterocycles. The highest BCUT2D eigenvalue weighted by Crippen LogP contribution is 2.19. The molecule has 3 unspecified atom stereocenters. The summed E-state index contributed by atoms with van der Waals surface area (Å²) in [6.45, 7) is 6.37. The molecule has 68 heavy (non-hydrogen) atoms. The molecule has 0 heterocycles. The van der Waals surface area contributed by atoms with Gasteiger partial charge in [-0.15, -0.1) is 0 Å². The van der Waals surface area contributed by atoms with Gasteiger partial charge in [0.2, 0.25) is 5.91 Å². The first-order valence-corrected chi connectivity index (χ1v) is 29.6. The van der Waals surface area contributed by atoms with Crippen LogP contribution in [0.15, 0.2) is 60.8 Å². The normalized spacial score (nSPS) is 13.5. The summed E-state index contributed by atoms with van der Waals surface area (Å²) in [5.41, 5.74) is 0. The van der Waals surface area contributed by atoms with Crippen LogP contribution in [0.5, 0.6) is 0 Å². The Hall–Kier alpha value is -2.44. The Labute approximate surface area is 422 Å². The molecule has 0 aromatic carbocycles. The monoisotopic (exact) mass is 952 g/mol. The van der Waals surface area contributed by atoms with Crippen molar-refractivity contribution in [3.05, 3.63) is 60.8 Å². The van der Waals surface area contributed by atoms with E-state index in [1.807, 2.05) is 18.2 Å². The standard InChI is InChI=1S/C62H113NO5/c1-4-7-10-13-16-19-22-25-28-30-33-35-38-41-44-47-50-53-58(68-62(67)55-52-49-46-43-40-37-32-27-24-21-18-15-12-9-6-3)56-61(66)63-59(57-64)60(65)54-51-48-45-42-39-36-34-31-29-26-23-20-17-14-11-8-5-2/h9,12,15,18,21,24-25,27-28,32,58-60,64-65H,4-8,10-11,13-14,16-17,19-20,22-23,26,29-31,33-57H2,1-3H3,(H,63,66)/b12-9+,18-15+,24-21+,28-25+,32-27-. The summed E-state index contributed by atoms with van der Waals surface area (Å²) in [7, 11) is 0. The zero-order valence-corrected chi connectivity index (χ0v) is 45.2. The fraction of sp³-hybridized carbons (Fsp3) is 0.806. The molecule has 0 spiro atoms.